The van der Waals surface area contributed by atoms with Crippen molar-refractivity contribution in [1.82, 2.24) is 0 Å². The van der Waals surface area contributed by atoms with E-state index in [0.717, 1.165) is 10.4 Å². The van der Waals surface area contributed by atoms with Crippen molar-refractivity contribution in [2.75, 3.05) is 0 Å². The van der Waals surface area contributed by atoms with Crippen molar-refractivity contribution in [3.8, 4) is 0 Å². The fraction of sp³-hybridized carbons (Fsp3) is 0.444. The summed E-state index contributed by atoms with van der Waals surface area (Å²) >= 11 is 1.81. The molecule has 4 rings (SSSR count). The third-order valence-corrected chi connectivity index (χ3v) is 6.01. The summed E-state index contributed by atoms with van der Waals surface area (Å²) in [7, 11) is 0. The molecular weight excluding hydrogens is 264 g/mol. The van der Waals surface area contributed by atoms with Crippen LogP contribution in [0.25, 0.3) is 0 Å². The zero-order valence-corrected chi connectivity index (χ0v) is 12.5. The number of rotatable bonds is 2. The van der Waals surface area contributed by atoms with Gasteiger partial charge in [0, 0.05) is 9.75 Å². The first-order valence-electron chi connectivity index (χ1n) is 7.72. The molecule has 1 N–H and O–H groups in total. The second-order valence-electron chi connectivity index (χ2n) is 6.09. The third-order valence-electron chi connectivity index (χ3n) is 4.72. The summed E-state index contributed by atoms with van der Waals surface area (Å²) in [5, 5.41) is 10.7. The lowest BCUT2D eigenvalue weighted by atomic mass is 9.89. The molecule has 0 bridgehead atoms. The van der Waals surface area contributed by atoms with Crippen LogP contribution in [0, 0.1) is 0 Å². The van der Waals surface area contributed by atoms with E-state index in [1.807, 2.05) is 11.3 Å². The van der Waals surface area contributed by atoms with E-state index >= 15 is 0 Å². The standard InChI is InChI=1S/C18H20OS/c19-18(17-11-14-6-3-7-16(14)20-17)15-9-8-12-4-1-2-5-13(12)10-15/h8-11,18-19H,1-7H2. The number of aryl methyl sites for hydroxylation is 4. The SMILES string of the molecule is OC(c1ccc2c(c1)CCCC2)c1cc2c(s1)CCC2. The van der Waals surface area contributed by atoms with Gasteiger partial charge >= 0.3 is 0 Å². The van der Waals surface area contributed by atoms with Crippen LogP contribution in [0.1, 0.15) is 57.4 Å². The molecule has 1 atom stereocenters. The first-order valence-corrected chi connectivity index (χ1v) is 8.54. The monoisotopic (exact) mass is 284 g/mol. The Hall–Kier alpha value is -1.12. The third kappa shape index (κ3) is 2.11. The molecule has 20 heavy (non-hydrogen) atoms. The molecule has 0 radical (unpaired) electrons. The number of benzene rings is 1. The molecule has 0 spiro atoms. The van der Waals surface area contributed by atoms with Gasteiger partial charge in [0.1, 0.15) is 6.10 Å². The van der Waals surface area contributed by atoms with Crippen molar-refractivity contribution >= 4 is 11.3 Å². The Bertz CT molecular complexity index is 619. The van der Waals surface area contributed by atoms with Gasteiger partial charge in [0.15, 0.2) is 0 Å². The van der Waals surface area contributed by atoms with Crippen LogP contribution in [0.3, 0.4) is 0 Å². The summed E-state index contributed by atoms with van der Waals surface area (Å²) in [6, 6.07) is 8.83. The van der Waals surface area contributed by atoms with E-state index in [4.69, 9.17) is 0 Å². The van der Waals surface area contributed by atoms with Crippen molar-refractivity contribution in [3.05, 3.63) is 56.3 Å². The fourth-order valence-corrected chi connectivity index (χ4v) is 4.85. The summed E-state index contributed by atoms with van der Waals surface area (Å²) in [6.07, 6.45) is 8.25. The quantitative estimate of drug-likeness (QED) is 0.876. The fourth-order valence-electron chi connectivity index (χ4n) is 3.57. The predicted octanol–water partition coefficient (Wildman–Crippen LogP) is 4.20. The lowest BCUT2D eigenvalue weighted by molar-refractivity contribution is 0.224. The molecule has 2 heteroatoms. The van der Waals surface area contributed by atoms with Crippen molar-refractivity contribution in [2.45, 2.75) is 51.0 Å². The van der Waals surface area contributed by atoms with Gasteiger partial charge in [-0.1, -0.05) is 18.2 Å². The van der Waals surface area contributed by atoms with Gasteiger partial charge in [0.25, 0.3) is 0 Å². The van der Waals surface area contributed by atoms with Gasteiger partial charge in [-0.15, -0.1) is 11.3 Å². The highest BCUT2D eigenvalue weighted by Gasteiger charge is 2.20. The molecular formula is C18H20OS. The number of aliphatic hydroxyl groups excluding tert-OH is 1. The summed E-state index contributed by atoms with van der Waals surface area (Å²) in [5.41, 5.74) is 5.49. The Balaban J connectivity index is 1.65. The van der Waals surface area contributed by atoms with Gasteiger partial charge in [0.05, 0.1) is 0 Å². The van der Waals surface area contributed by atoms with E-state index in [2.05, 4.69) is 24.3 Å². The van der Waals surface area contributed by atoms with E-state index in [1.165, 1.54) is 66.5 Å². The molecule has 0 fully saturated rings. The van der Waals surface area contributed by atoms with E-state index in [9.17, 15) is 5.11 Å². The highest BCUT2D eigenvalue weighted by molar-refractivity contribution is 7.12. The minimum atomic E-state index is -0.433. The minimum absolute atomic E-state index is 0.433. The van der Waals surface area contributed by atoms with Crippen molar-refractivity contribution in [2.24, 2.45) is 0 Å². The Morgan fingerprint density at radius 1 is 0.850 bits per heavy atom. The summed E-state index contributed by atoms with van der Waals surface area (Å²) < 4.78 is 0. The van der Waals surface area contributed by atoms with Gasteiger partial charge in [-0.3, -0.25) is 0 Å². The zero-order valence-electron chi connectivity index (χ0n) is 11.7. The lowest BCUT2D eigenvalue weighted by Gasteiger charge is -2.18. The first-order chi connectivity index (χ1) is 9.81. The highest BCUT2D eigenvalue weighted by atomic mass is 32.1. The smallest absolute Gasteiger partial charge is 0.113 e. The van der Waals surface area contributed by atoms with E-state index in [1.54, 1.807) is 0 Å². The normalized spacial score (nSPS) is 18.6. The average molecular weight is 284 g/mol. The van der Waals surface area contributed by atoms with Gasteiger partial charge in [0.2, 0.25) is 0 Å². The maximum absolute atomic E-state index is 10.7. The number of aliphatic hydroxyl groups is 1. The lowest BCUT2D eigenvalue weighted by Crippen LogP contribution is -2.05. The van der Waals surface area contributed by atoms with Gasteiger partial charge in [-0.05, 0) is 73.3 Å². The molecule has 1 nitrogen and oxygen atoms in total. The van der Waals surface area contributed by atoms with E-state index < -0.39 is 6.10 Å². The molecule has 2 aromatic rings. The zero-order chi connectivity index (χ0) is 13.5. The molecule has 2 aliphatic rings. The van der Waals surface area contributed by atoms with Crippen LogP contribution in [0.5, 0.6) is 0 Å². The van der Waals surface area contributed by atoms with Crippen LogP contribution < -0.4 is 0 Å². The average Bonchev–Trinajstić information content (AvgIpc) is 3.07. The number of fused-ring (bicyclic) bond motifs is 2. The Morgan fingerprint density at radius 2 is 1.65 bits per heavy atom. The van der Waals surface area contributed by atoms with Crippen LogP contribution in [-0.4, -0.2) is 5.11 Å². The molecule has 0 amide bonds. The molecule has 2 aliphatic carbocycles. The predicted molar refractivity (Wildman–Crippen MR) is 83.5 cm³/mol. The van der Waals surface area contributed by atoms with Crippen LogP contribution in [-0.2, 0) is 25.7 Å². The van der Waals surface area contributed by atoms with Crippen LogP contribution in [0.2, 0.25) is 0 Å². The second-order valence-corrected chi connectivity index (χ2v) is 7.26. The summed E-state index contributed by atoms with van der Waals surface area (Å²) in [4.78, 5) is 2.63. The first kappa shape index (κ1) is 12.6. The van der Waals surface area contributed by atoms with Gasteiger partial charge < -0.3 is 5.11 Å². The Kier molecular flexibility index (Phi) is 3.16. The van der Waals surface area contributed by atoms with E-state index in [-0.39, 0.29) is 0 Å². The van der Waals surface area contributed by atoms with E-state index in [0.29, 0.717) is 0 Å². The molecule has 0 aliphatic heterocycles. The topological polar surface area (TPSA) is 20.2 Å². The molecule has 1 aromatic heterocycles. The van der Waals surface area contributed by atoms with Crippen LogP contribution in [0.4, 0.5) is 0 Å². The maximum atomic E-state index is 10.7. The number of hydrogen-bond donors (Lipinski definition) is 1. The summed E-state index contributed by atoms with van der Waals surface area (Å²) in [5.74, 6) is 0. The van der Waals surface area contributed by atoms with Crippen LogP contribution in [0.15, 0.2) is 24.3 Å². The summed E-state index contributed by atoms with van der Waals surface area (Å²) in [6.45, 7) is 0. The molecule has 104 valence electrons. The second kappa shape index (κ2) is 5.01. The maximum Gasteiger partial charge on any atom is 0.113 e. The molecule has 0 saturated heterocycles. The largest absolute Gasteiger partial charge is 0.383 e. The number of thiophene rings is 1. The highest BCUT2D eigenvalue weighted by Crippen LogP contribution is 2.36. The van der Waals surface area contributed by atoms with Crippen molar-refractivity contribution in [1.29, 1.82) is 0 Å². The minimum Gasteiger partial charge on any atom is -0.383 e. The van der Waals surface area contributed by atoms with Crippen molar-refractivity contribution in [3.63, 3.8) is 0 Å². The molecule has 1 unspecified atom stereocenters. The molecule has 1 aromatic carbocycles. The van der Waals surface area contributed by atoms with Gasteiger partial charge in [-0.2, -0.15) is 0 Å². The number of hydrogen-bond acceptors (Lipinski definition) is 2. The molecule has 0 saturated carbocycles. The van der Waals surface area contributed by atoms with Crippen molar-refractivity contribution < 1.29 is 5.11 Å². The Labute approximate surface area is 124 Å². The molecule has 1 heterocycles. The Morgan fingerprint density at radius 3 is 2.50 bits per heavy atom. The van der Waals surface area contributed by atoms with Crippen LogP contribution >= 0.6 is 11.3 Å². The van der Waals surface area contributed by atoms with Gasteiger partial charge in [-0.25, -0.2) is 0 Å².